The number of aromatic nitrogens is 2. The summed E-state index contributed by atoms with van der Waals surface area (Å²) in [5.41, 5.74) is 1.92. The van der Waals surface area contributed by atoms with Crippen LogP contribution in [-0.4, -0.2) is 79.9 Å². The Hall–Kier alpha value is -4.15. The largest absolute Gasteiger partial charge is 0.493 e. The Morgan fingerprint density at radius 3 is 2.67 bits per heavy atom. The molecule has 4 heterocycles. The average molecular weight is 545 g/mol. The molecule has 5 aromatic rings. The van der Waals surface area contributed by atoms with Gasteiger partial charge in [-0.3, -0.25) is 23.9 Å². The van der Waals surface area contributed by atoms with Crippen LogP contribution < -0.4 is 25.1 Å². The minimum absolute atomic E-state index is 0.166. The van der Waals surface area contributed by atoms with E-state index in [9.17, 15) is 9.59 Å². The van der Waals surface area contributed by atoms with Crippen LogP contribution in [0.25, 0.3) is 38.1 Å². The van der Waals surface area contributed by atoms with Gasteiger partial charge in [0.05, 0.1) is 49.4 Å². The summed E-state index contributed by atoms with van der Waals surface area (Å²) in [6.07, 6.45) is 1.93. The van der Waals surface area contributed by atoms with E-state index in [0.29, 0.717) is 40.1 Å². The molecule has 0 radical (unpaired) electrons. The van der Waals surface area contributed by atoms with E-state index in [-0.39, 0.29) is 11.5 Å². The molecular formula is C30H32N4O6. The standard InChI is InChI=1S/C30H32N4O6/c1-18(29(35)32-10-4-12-33-13-15-39-16-14-33)40-19-5-7-23-22(17-19)20-9-11-31-26-21-6-8-24(37-2)28(38-3)25(21)30(36)34(23)27(20)26/h5-9,11,17-18H,4,10,12-16H2,1-3H3,(H,32,35)/t18-/m1/s1. The van der Waals surface area contributed by atoms with E-state index < -0.39 is 6.10 Å². The number of ether oxygens (including phenoxy) is 4. The second-order valence-corrected chi connectivity index (χ2v) is 9.96. The lowest BCUT2D eigenvalue weighted by molar-refractivity contribution is -0.127. The van der Waals surface area contributed by atoms with Gasteiger partial charge < -0.3 is 24.3 Å². The van der Waals surface area contributed by atoms with Gasteiger partial charge in [-0.1, -0.05) is 0 Å². The monoisotopic (exact) mass is 544 g/mol. The summed E-state index contributed by atoms with van der Waals surface area (Å²) in [6, 6.07) is 11.0. The number of amides is 1. The molecule has 0 bridgehead atoms. The van der Waals surface area contributed by atoms with Crippen molar-refractivity contribution in [3.05, 3.63) is 52.9 Å². The number of morpholine rings is 1. The predicted molar refractivity (Wildman–Crippen MR) is 153 cm³/mol. The summed E-state index contributed by atoms with van der Waals surface area (Å²) in [7, 11) is 3.06. The van der Waals surface area contributed by atoms with Crippen LogP contribution in [0.1, 0.15) is 13.3 Å². The highest BCUT2D eigenvalue weighted by Gasteiger charge is 2.23. The van der Waals surface area contributed by atoms with Crippen LogP contribution in [0.4, 0.5) is 0 Å². The van der Waals surface area contributed by atoms with E-state index in [0.717, 1.165) is 61.1 Å². The van der Waals surface area contributed by atoms with Crippen molar-refractivity contribution in [3.8, 4) is 17.2 Å². The van der Waals surface area contributed by atoms with Crippen LogP contribution in [0.3, 0.4) is 0 Å². The fourth-order valence-corrected chi connectivity index (χ4v) is 5.61. The van der Waals surface area contributed by atoms with Gasteiger partial charge in [0.1, 0.15) is 5.75 Å². The summed E-state index contributed by atoms with van der Waals surface area (Å²) < 4.78 is 24.1. The zero-order valence-electron chi connectivity index (χ0n) is 22.9. The maximum Gasteiger partial charge on any atom is 0.267 e. The zero-order valence-corrected chi connectivity index (χ0v) is 22.9. The molecule has 1 atom stereocenters. The zero-order chi connectivity index (χ0) is 27.8. The molecule has 3 aromatic heterocycles. The Morgan fingerprint density at radius 2 is 1.90 bits per heavy atom. The summed E-state index contributed by atoms with van der Waals surface area (Å²) in [5, 5.41) is 5.78. The molecule has 0 saturated carbocycles. The second kappa shape index (κ2) is 10.8. The van der Waals surface area contributed by atoms with E-state index >= 15 is 0 Å². The minimum atomic E-state index is -0.676. The number of fused-ring (bicyclic) bond motifs is 5. The van der Waals surface area contributed by atoms with E-state index in [1.165, 1.54) is 7.11 Å². The highest BCUT2D eigenvalue weighted by atomic mass is 16.5. The van der Waals surface area contributed by atoms with E-state index in [2.05, 4.69) is 15.2 Å². The molecule has 0 unspecified atom stereocenters. The first-order valence-electron chi connectivity index (χ1n) is 13.5. The number of nitrogens with one attached hydrogen (secondary N) is 1. The lowest BCUT2D eigenvalue weighted by Crippen LogP contribution is -2.40. The SMILES string of the molecule is COc1ccc2c(c1OC)c(=O)n1c3ccc(O[C@H](C)C(=O)NCCCN4CCOCC4)cc3c3ccnc2c31. The van der Waals surface area contributed by atoms with Gasteiger partial charge in [0.15, 0.2) is 17.6 Å². The van der Waals surface area contributed by atoms with Crippen molar-refractivity contribution in [3.63, 3.8) is 0 Å². The topological polar surface area (TPSA) is 104 Å². The fourth-order valence-electron chi connectivity index (χ4n) is 5.61. The Balaban J connectivity index is 1.29. The number of pyridine rings is 2. The number of rotatable bonds is 9. The van der Waals surface area contributed by atoms with Crippen molar-refractivity contribution < 1.29 is 23.7 Å². The molecule has 0 spiro atoms. The summed E-state index contributed by atoms with van der Waals surface area (Å²) in [5.74, 6) is 1.23. The number of hydrogen-bond donors (Lipinski definition) is 1. The van der Waals surface area contributed by atoms with Crippen molar-refractivity contribution in [1.29, 1.82) is 0 Å². The fraction of sp³-hybridized carbons (Fsp3) is 0.367. The van der Waals surface area contributed by atoms with Crippen molar-refractivity contribution in [2.24, 2.45) is 0 Å². The molecule has 1 aliphatic rings. The molecule has 0 aliphatic carbocycles. The molecule has 1 aliphatic heterocycles. The molecule has 2 aromatic carbocycles. The lowest BCUT2D eigenvalue weighted by Gasteiger charge is -2.26. The average Bonchev–Trinajstić information content (AvgIpc) is 3.32. The maximum atomic E-state index is 13.9. The maximum absolute atomic E-state index is 13.9. The first-order chi connectivity index (χ1) is 19.5. The Morgan fingerprint density at radius 1 is 1.07 bits per heavy atom. The molecule has 10 nitrogen and oxygen atoms in total. The Kier molecular flexibility index (Phi) is 7.03. The van der Waals surface area contributed by atoms with Crippen molar-refractivity contribution in [1.82, 2.24) is 19.6 Å². The normalized spacial score (nSPS) is 15.2. The van der Waals surface area contributed by atoms with Gasteiger partial charge in [0, 0.05) is 42.0 Å². The molecule has 1 saturated heterocycles. The van der Waals surface area contributed by atoms with Gasteiger partial charge >= 0.3 is 0 Å². The van der Waals surface area contributed by atoms with Gasteiger partial charge in [-0.2, -0.15) is 0 Å². The molecule has 1 amide bonds. The van der Waals surface area contributed by atoms with Crippen molar-refractivity contribution in [2.45, 2.75) is 19.4 Å². The third-order valence-electron chi connectivity index (χ3n) is 7.60. The molecule has 208 valence electrons. The smallest absolute Gasteiger partial charge is 0.267 e. The third kappa shape index (κ3) is 4.43. The highest BCUT2D eigenvalue weighted by Crippen LogP contribution is 2.39. The Labute approximate surface area is 230 Å². The molecule has 6 rings (SSSR count). The van der Waals surface area contributed by atoms with E-state index in [1.807, 2.05) is 24.3 Å². The summed E-state index contributed by atoms with van der Waals surface area (Å²) in [4.78, 5) is 33.6. The third-order valence-corrected chi connectivity index (χ3v) is 7.60. The lowest BCUT2D eigenvalue weighted by atomic mass is 10.1. The summed E-state index contributed by atoms with van der Waals surface area (Å²) in [6.45, 7) is 6.65. The highest BCUT2D eigenvalue weighted by molar-refractivity contribution is 6.19. The number of hydrogen-bond acceptors (Lipinski definition) is 8. The molecule has 1 fully saturated rings. The number of benzene rings is 2. The van der Waals surface area contributed by atoms with Crippen molar-refractivity contribution in [2.75, 3.05) is 53.6 Å². The van der Waals surface area contributed by atoms with Crippen LogP contribution in [0, 0.1) is 0 Å². The van der Waals surface area contributed by atoms with Crippen LogP contribution in [-0.2, 0) is 9.53 Å². The number of carbonyl (C=O) groups is 1. The van der Waals surface area contributed by atoms with Gasteiger partial charge in [0.2, 0.25) is 0 Å². The minimum Gasteiger partial charge on any atom is -0.493 e. The van der Waals surface area contributed by atoms with Crippen molar-refractivity contribution >= 4 is 44.0 Å². The quantitative estimate of drug-likeness (QED) is 0.223. The van der Waals surface area contributed by atoms with Gasteiger partial charge in [0.25, 0.3) is 11.5 Å². The van der Waals surface area contributed by atoms with E-state index in [1.54, 1.807) is 36.8 Å². The number of methoxy groups -OCH3 is 2. The first kappa shape index (κ1) is 26.1. The molecule has 1 N–H and O–H groups in total. The Bertz CT molecular complexity index is 1760. The van der Waals surface area contributed by atoms with E-state index in [4.69, 9.17) is 18.9 Å². The van der Waals surface area contributed by atoms with Crippen LogP contribution >= 0.6 is 0 Å². The van der Waals surface area contributed by atoms with Gasteiger partial charge in [-0.05, 0) is 56.3 Å². The van der Waals surface area contributed by atoms with Crippen LogP contribution in [0.15, 0.2) is 47.4 Å². The predicted octanol–water partition coefficient (Wildman–Crippen LogP) is 3.21. The molecular weight excluding hydrogens is 512 g/mol. The molecule has 10 heteroatoms. The first-order valence-corrected chi connectivity index (χ1v) is 13.5. The van der Waals surface area contributed by atoms with Gasteiger partial charge in [-0.15, -0.1) is 0 Å². The number of nitrogens with zero attached hydrogens (tertiary/aromatic N) is 3. The molecule has 40 heavy (non-hydrogen) atoms. The summed E-state index contributed by atoms with van der Waals surface area (Å²) >= 11 is 0. The second-order valence-electron chi connectivity index (χ2n) is 9.96. The number of carbonyl (C=O) groups excluding carboxylic acids is 1. The van der Waals surface area contributed by atoms with Gasteiger partial charge in [-0.25, -0.2) is 0 Å². The van der Waals surface area contributed by atoms with Crippen LogP contribution in [0.5, 0.6) is 17.2 Å². The van der Waals surface area contributed by atoms with Crippen LogP contribution in [0.2, 0.25) is 0 Å².